The molecule has 0 atom stereocenters. The first-order chi connectivity index (χ1) is 9.49. The van der Waals surface area contributed by atoms with Crippen LogP contribution in [0.3, 0.4) is 0 Å². The maximum atomic E-state index is 11.8. The van der Waals surface area contributed by atoms with Gasteiger partial charge in [0.05, 0.1) is 18.6 Å². The third-order valence-electron chi connectivity index (χ3n) is 2.59. The lowest BCUT2D eigenvalue weighted by Gasteiger charge is -2.09. The molecule has 0 saturated carbocycles. The number of hydrogen-bond donors (Lipinski definition) is 1. The molecule has 6 heteroatoms. The molecule has 0 spiro atoms. The van der Waals surface area contributed by atoms with Crippen LogP contribution in [0.1, 0.15) is 39.6 Å². The number of rotatable bonds is 7. The van der Waals surface area contributed by atoms with Crippen LogP contribution in [0, 0.1) is 0 Å². The fourth-order valence-corrected chi connectivity index (χ4v) is 2.06. The molecule has 1 N–H and O–H groups in total. The molecular formula is C14H15BrO5. The molecule has 0 aliphatic rings. The first-order valence-electron chi connectivity index (χ1n) is 6.10. The average molecular weight is 343 g/mol. The van der Waals surface area contributed by atoms with Gasteiger partial charge < -0.3 is 9.84 Å². The van der Waals surface area contributed by atoms with Crippen LogP contribution in [-0.2, 0) is 16.0 Å². The van der Waals surface area contributed by atoms with E-state index in [0.29, 0.717) is 22.9 Å². The Labute approximate surface area is 125 Å². The lowest BCUT2D eigenvalue weighted by atomic mass is 9.99. The van der Waals surface area contributed by atoms with Gasteiger partial charge in [0.25, 0.3) is 0 Å². The summed E-state index contributed by atoms with van der Waals surface area (Å²) >= 11 is 3.18. The minimum absolute atomic E-state index is 0.116. The third-order valence-corrected chi connectivity index (χ3v) is 2.99. The maximum Gasteiger partial charge on any atom is 0.338 e. The lowest BCUT2D eigenvalue weighted by molar-refractivity contribution is -0.136. The molecule has 0 aliphatic heterocycles. The van der Waals surface area contributed by atoms with Gasteiger partial charge in [-0.1, -0.05) is 28.1 Å². The summed E-state index contributed by atoms with van der Waals surface area (Å²) in [5.41, 5.74) is 0.850. The molecule has 0 fully saturated rings. The average Bonchev–Trinajstić information content (AvgIpc) is 2.39. The van der Waals surface area contributed by atoms with Crippen LogP contribution in [0.25, 0.3) is 0 Å². The van der Waals surface area contributed by atoms with Crippen LogP contribution in [0.4, 0.5) is 0 Å². The molecule has 1 aromatic carbocycles. The number of carboxylic acid groups (broad SMARTS) is 1. The van der Waals surface area contributed by atoms with Crippen molar-refractivity contribution >= 4 is 33.7 Å². The lowest BCUT2D eigenvalue weighted by Crippen LogP contribution is -2.13. The van der Waals surface area contributed by atoms with Crippen LogP contribution < -0.4 is 0 Å². The van der Waals surface area contributed by atoms with Gasteiger partial charge in [-0.25, -0.2) is 4.79 Å². The van der Waals surface area contributed by atoms with Crippen LogP contribution in [0.5, 0.6) is 0 Å². The number of halogens is 1. The van der Waals surface area contributed by atoms with Gasteiger partial charge in [0.1, 0.15) is 0 Å². The monoisotopic (exact) mass is 342 g/mol. The molecule has 0 saturated heterocycles. The Bertz CT molecular complexity index is 524. The van der Waals surface area contributed by atoms with Gasteiger partial charge in [0, 0.05) is 17.3 Å². The van der Waals surface area contributed by atoms with Crippen LogP contribution >= 0.6 is 15.9 Å². The van der Waals surface area contributed by atoms with Crippen molar-refractivity contribution in [1.82, 2.24) is 0 Å². The Balaban J connectivity index is 3.17. The highest BCUT2D eigenvalue weighted by molar-refractivity contribution is 9.09. The molecule has 5 nitrogen and oxygen atoms in total. The third kappa shape index (κ3) is 4.45. The van der Waals surface area contributed by atoms with Crippen molar-refractivity contribution in [3.63, 3.8) is 0 Å². The largest absolute Gasteiger partial charge is 0.481 e. The molecule has 0 heterocycles. The molecule has 0 unspecified atom stereocenters. The van der Waals surface area contributed by atoms with E-state index in [9.17, 15) is 14.4 Å². The summed E-state index contributed by atoms with van der Waals surface area (Å²) in [6.07, 6.45) is 0.0155. The number of ether oxygens (including phenoxy) is 1. The predicted molar refractivity (Wildman–Crippen MR) is 76.5 cm³/mol. The van der Waals surface area contributed by atoms with Crippen molar-refractivity contribution < 1.29 is 24.2 Å². The fourth-order valence-electron chi connectivity index (χ4n) is 1.70. The van der Waals surface area contributed by atoms with Crippen LogP contribution in [0.2, 0.25) is 0 Å². The van der Waals surface area contributed by atoms with E-state index in [-0.39, 0.29) is 24.4 Å². The van der Waals surface area contributed by atoms with Crippen molar-refractivity contribution in [2.45, 2.75) is 19.8 Å². The van der Waals surface area contributed by atoms with E-state index < -0.39 is 11.9 Å². The second kappa shape index (κ2) is 7.79. The van der Waals surface area contributed by atoms with Gasteiger partial charge in [0.2, 0.25) is 0 Å². The van der Waals surface area contributed by atoms with Gasteiger partial charge in [0.15, 0.2) is 5.78 Å². The van der Waals surface area contributed by atoms with E-state index in [1.807, 2.05) is 0 Å². The Morgan fingerprint density at radius 1 is 1.30 bits per heavy atom. The number of hydrogen-bond acceptors (Lipinski definition) is 4. The van der Waals surface area contributed by atoms with Gasteiger partial charge >= 0.3 is 11.9 Å². The minimum Gasteiger partial charge on any atom is -0.481 e. The number of carbonyl (C=O) groups is 3. The Morgan fingerprint density at radius 3 is 2.55 bits per heavy atom. The molecule has 0 aromatic heterocycles. The number of carbonyl (C=O) groups excluding carboxylic acids is 2. The van der Waals surface area contributed by atoms with Crippen molar-refractivity contribution in [1.29, 1.82) is 0 Å². The summed E-state index contributed by atoms with van der Waals surface area (Å²) < 4.78 is 4.89. The molecule has 1 aromatic rings. The second-order valence-electron chi connectivity index (χ2n) is 4.03. The van der Waals surface area contributed by atoms with Gasteiger partial charge in [-0.05, 0) is 18.6 Å². The number of Topliss-reactive ketones (excluding diaryl/α,β-unsaturated/α-hetero) is 1. The molecule has 0 bridgehead atoms. The molecular weight excluding hydrogens is 328 g/mol. The predicted octanol–water partition coefficient (Wildman–Crippen LogP) is 2.46. The molecule has 20 heavy (non-hydrogen) atoms. The SMILES string of the molecule is CCOC(=O)c1cc(C(=O)CCBr)ccc1CC(=O)O. The quantitative estimate of drug-likeness (QED) is 0.467. The first kappa shape index (κ1) is 16.4. The highest BCUT2D eigenvalue weighted by Gasteiger charge is 2.17. The van der Waals surface area contributed by atoms with E-state index in [0.717, 1.165) is 0 Å². The Kier molecular flexibility index (Phi) is 6.38. The first-order valence-corrected chi connectivity index (χ1v) is 7.22. The second-order valence-corrected chi connectivity index (χ2v) is 4.82. The van der Waals surface area contributed by atoms with Crippen LogP contribution in [-0.4, -0.2) is 34.8 Å². The molecule has 1 rings (SSSR count). The smallest absolute Gasteiger partial charge is 0.338 e. The summed E-state index contributed by atoms with van der Waals surface area (Å²) in [5.74, 6) is -1.78. The Morgan fingerprint density at radius 2 is 2.00 bits per heavy atom. The highest BCUT2D eigenvalue weighted by Crippen LogP contribution is 2.16. The van der Waals surface area contributed by atoms with Crippen molar-refractivity contribution in [2.75, 3.05) is 11.9 Å². The fraction of sp³-hybridized carbons (Fsp3) is 0.357. The number of esters is 1. The van der Waals surface area contributed by atoms with Gasteiger partial charge in [-0.15, -0.1) is 0 Å². The topological polar surface area (TPSA) is 80.7 Å². The number of ketones is 1. The molecule has 0 aliphatic carbocycles. The summed E-state index contributed by atoms with van der Waals surface area (Å²) in [7, 11) is 0. The van der Waals surface area contributed by atoms with E-state index in [1.165, 1.54) is 18.2 Å². The standard InChI is InChI=1S/C14H15BrO5/c1-2-20-14(19)11-7-10(12(16)5-6-15)4-3-9(11)8-13(17)18/h3-4,7H,2,5-6,8H2,1H3,(H,17,18). The van der Waals surface area contributed by atoms with E-state index in [4.69, 9.17) is 9.84 Å². The summed E-state index contributed by atoms with van der Waals surface area (Å²) in [6.45, 7) is 1.85. The van der Waals surface area contributed by atoms with Gasteiger partial charge in [-0.3, -0.25) is 9.59 Å². The zero-order valence-corrected chi connectivity index (χ0v) is 12.6. The number of aliphatic carboxylic acids is 1. The van der Waals surface area contributed by atoms with Crippen molar-refractivity contribution in [2.24, 2.45) is 0 Å². The summed E-state index contributed by atoms with van der Waals surface area (Å²) in [5, 5.41) is 9.37. The number of benzene rings is 1. The summed E-state index contributed by atoms with van der Waals surface area (Å²) in [4.78, 5) is 34.5. The molecule has 0 amide bonds. The number of carboxylic acids is 1. The van der Waals surface area contributed by atoms with Crippen molar-refractivity contribution in [3.8, 4) is 0 Å². The minimum atomic E-state index is -1.05. The highest BCUT2D eigenvalue weighted by atomic mass is 79.9. The number of alkyl halides is 1. The van der Waals surface area contributed by atoms with Crippen molar-refractivity contribution in [3.05, 3.63) is 34.9 Å². The zero-order chi connectivity index (χ0) is 15.1. The van der Waals surface area contributed by atoms with E-state index in [2.05, 4.69) is 15.9 Å². The Hall–Kier alpha value is -1.69. The molecule has 0 radical (unpaired) electrons. The van der Waals surface area contributed by atoms with Crippen LogP contribution in [0.15, 0.2) is 18.2 Å². The maximum absolute atomic E-state index is 11.8. The normalized spacial score (nSPS) is 10.1. The summed E-state index contributed by atoms with van der Waals surface area (Å²) in [6, 6.07) is 4.43. The van der Waals surface area contributed by atoms with E-state index in [1.54, 1.807) is 6.92 Å². The van der Waals surface area contributed by atoms with Gasteiger partial charge in [-0.2, -0.15) is 0 Å². The molecule has 108 valence electrons. The zero-order valence-electron chi connectivity index (χ0n) is 11.0. The van der Waals surface area contributed by atoms with E-state index >= 15 is 0 Å².